The van der Waals surface area contributed by atoms with Gasteiger partial charge >= 0.3 is 6.09 Å². The summed E-state index contributed by atoms with van der Waals surface area (Å²) in [5, 5.41) is 3.86. The van der Waals surface area contributed by atoms with Gasteiger partial charge in [0.25, 0.3) is 0 Å². The zero-order chi connectivity index (χ0) is 11.9. The molecule has 0 aliphatic rings. The van der Waals surface area contributed by atoms with Crippen molar-refractivity contribution in [1.29, 1.82) is 0 Å². The van der Waals surface area contributed by atoms with Gasteiger partial charge in [0.05, 0.1) is 6.61 Å². The lowest BCUT2D eigenvalue weighted by Gasteiger charge is -2.18. The van der Waals surface area contributed by atoms with E-state index in [1.807, 2.05) is 6.92 Å². The lowest BCUT2D eigenvalue weighted by atomic mass is 10.2. The number of carbonyl (C=O) groups excluding carboxylic acids is 1. The fourth-order valence-corrected chi connectivity index (χ4v) is 0.748. The summed E-state index contributed by atoms with van der Waals surface area (Å²) in [7, 11) is 1.62. The summed E-state index contributed by atoms with van der Waals surface area (Å²) in [6, 6.07) is 0. The van der Waals surface area contributed by atoms with Gasteiger partial charge in [0, 0.05) is 19.2 Å². The Morgan fingerprint density at radius 2 is 2.00 bits per heavy atom. The molecule has 0 bridgehead atoms. The number of nitrogens with one attached hydrogen (secondary N) is 1. The molecule has 0 rings (SSSR count). The molecule has 0 unspecified atom stereocenters. The number of nitrogens with zero attached hydrogens (tertiary/aromatic N) is 1. The Hall–Kier alpha value is -1.10. The van der Waals surface area contributed by atoms with Gasteiger partial charge in [-0.25, -0.2) is 10.2 Å². The maximum Gasteiger partial charge on any atom is 0.428 e. The van der Waals surface area contributed by atoms with Gasteiger partial charge in [0.2, 0.25) is 0 Å². The average Bonchev–Trinajstić information content (AvgIpc) is 2.08. The van der Waals surface area contributed by atoms with Crippen LogP contribution in [0.2, 0.25) is 0 Å². The molecule has 1 N–H and O–H groups in total. The normalized spacial score (nSPS) is 12.5. The van der Waals surface area contributed by atoms with Crippen molar-refractivity contribution in [2.75, 3.05) is 13.7 Å². The number of hydrogen-bond acceptors (Lipinski definition) is 4. The van der Waals surface area contributed by atoms with E-state index in [9.17, 15) is 4.79 Å². The summed E-state index contributed by atoms with van der Waals surface area (Å²) >= 11 is 0. The van der Waals surface area contributed by atoms with Crippen LogP contribution < -0.4 is 5.43 Å². The molecule has 0 aliphatic carbocycles. The van der Waals surface area contributed by atoms with Gasteiger partial charge in [-0.15, -0.1) is 0 Å². The van der Waals surface area contributed by atoms with Gasteiger partial charge in [0.15, 0.2) is 0 Å². The first kappa shape index (κ1) is 13.9. The minimum Gasteiger partial charge on any atom is -0.443 e. The largest absolute Gasteiger partial charge is 0.443 e. The highest BCUT2D eigenvalue weighted by Crippen LogP contribution is 2.06. The fourth-order valence-electron chi connectivity index (χ4n) is 0.748. The third-order valence-corrected chi connectivity index (χ3v) is 1.40. The van der Waals surface area contributed by atoms with E-state index in [1.165, 1.54) is 0 Å². The van der Waals surface area contributed by atoms with Crippen LogP contribution in [0.1, 0.15) is 34.1 Å². The molecule has 15 heavy (non-hydrogen) atoms. The van der Waals surface area contributed by atoms with Crippen molar-refractivity contribution in [3.8, 4) is 0 Å². The second-order valence-corrected chi connectivity index (χ2v) is 4.20. The van der Waals surface area contributed by atoms with Crippen LogP contribution in [0.4, 0.5) is 4.79 Å². The van der Waals surface area contributed by atoms with Crippen molar-refractivity contribution >= 4 is 11.8 Å². The summed E-state index contributed by atoms with van der Waals surface area (Å²) < 4.78 is 9.88. The van der Waals surface area contributed by atoms with E-state index in [0.717, 1.165) is 5.71 Å². The highest BCUT2D eigenvalue weighted by atomic mass is 16.6. The molecule has 0 fully saturated rings. The van der Waals surface area contributed by atoms with Crippen LogP contribution in [0.3, 0.4) is 0 Å². The molecule has 0 atom stereocenters. The second kappa shape index (κ2) is 6.40. The number of ether oxygens (including phenoxy) is 2. The van der Waals surface area contributed by atoms with Crippen molar-refractivity contribution in [1.82, 2.24) is 5.43 Å². The number of methoxy groups -OCH3 is 1. The zero-order valence-electron chi connectivity index (χ0n) is 10.1. The molecule has 0 aromatic carbocycles. The molecule has 0 heterocycles. The Kier molecular flexibility index (Phi) is 5.93. The molecule has 0 saturated heterocycles. The van der Waals surface area contributed by atoms with Crippen molar-refractivity contribution in [2.45, 2.75) is 39.7 Å². The van der Waals surface area contributed by atoms with Gasteiger partial charge in [-0.1, -0.05) is 0 Å². The molecule has 0 radical (unpaired) electrons. The number of carbonyl (C=O) groups is 1. The monoisotopic (exact) mass is 216 g/mol. The van der Waals surface area contributed by atoms with Crippen LogP contribution >= 0.6 is 0 Å². The second-order valence-electron chi connectivity index (χ2n) is 4.20. The predicted molar refractivity (Wildman–Crippen MR) is 59.0 cm³/mol. The van der Waals surface area contributed by atoms with Crippen LogP contribution in [0, 0.1) is 0 Å². The first-order valence-corrected chi connectivity index (χ1v) is 4.86. The first-order valence-electron chi connectivity index (χ1n) is 4.86. The fraction of sp³-hybridized carbons (Fsp3) is 0.800. The summed E-state index contributed by atoms with van der Waals surface area (Å²) in [6.45, 7) is 7.80. The smallest absolute Gasteiger partial charge is 0.428 e. The summed E-state index contributed by atoms with van der Waals surface area (Å²) in [6.07, 6.45) is 0.144. The van der Waals surface area contributed by atoms with Crippen LogP contribution in [0.15, 0.2) is 5.10 Å². The molecule has 5 nitrogen and oxygen atoms in total. The number of hydrogen-bond donors (Lipinski definition) is 1. The quantitative estimate of drug-likeness (QED) is 0.577. The van der Waals surface area contributed by atoms with Crippen molar-refractivity contribution in [3.63, 3.8) is 0 Å². The van der Waals surface area contributed by atoms with E-state index in [2.05, 4.69) is 10.5 Å². The van der Waals surface area contributed by atoms with Crippen LogP contribution in [0.25, 0.3) is 0 Å². The zero-order valence-corrected chi connectivity index (χ0v) is 10.1. The maximum atomic E-state index is 11.2. The maximum absolute atomic E-state index is 11.2. The van der Waals surface area contributed by atoms with Crippen molar-refractivity contribution in [2.24, 2.45) is 5.10 Å². The van der Waals surface area contributed by atoms with Crippen LogP contribution in [-0.2, 0) is 9.47 Å². The first-order chi connectivity index (χ1) is 6.85. The molecular weight excluding hydrogens is 196 g/mol. The van der Waals surface area contributed by atoms with E-state index in [0.29, 0.717) is 13.0 Å². The lowest BCUT2D eigenvalue weighted by molar-refractivity contribution is 0.0529. The number of amides is 1. The molecule has 0 saturated carbocycles. The summed E-state index contributed by atoms with van der Waals surface area (Å²) in [5.41, 5.74) is 2.61. The molecule has 0 spiro atoms. The summed E-state index contributed by atoms with van der Waals surface area (Å²) in [5.74, 6) is 0. The molecule has 0 aromatic heterocycles. The highest BCUT2D eigenvalue weighted by molar-refractivity contribution is 5.83. The van der Waals surface area contributed by atoms with Crippen LogP contribution in [0.5, 0.6) is 0 Å². The standard InChI is InChI=1S/C10H20N2O3/c1-8(6-7-14-5)11-12-9(13)15-10(2,3)4/h6-7H2,1-5H3,(H,12,13). The Balaban J connectivity index is 3.88. The van der Waals surface area contributed by atoms with Gasteiger partial charge in [-0.05, 0) is 27.7 Å². The highest BCUT2D eigenvalue weighted by Gasteiger charge is 2.15. The van der Waals surface area contributed by atoms with Gasteiger partial charge in [-0.3, -0.25) is 0 Å². The minimum atomic E-state index is -0.542. The molecule has 1 amide bonds. The molecule has 88 valence electrons. The Morgan fingerprint density at radius 3 is 2.47 bits per heavy atom. The Morgan fingerprint density at radius 1 is 1.40 bits per heavy atom. The Labute approximate surface area is 90.8 Å². The lowest BCUT2D eigenvalue weighted by Crippen LogP contribution is -2.30. The van der Waals surface area contributed by atoms with E-state index in [4.69, 9.17) is 9.47 Å². The third kappa shape index (κ3) is 9.21. The van der Waals surface area contributed by atoms with Crippen molar-refractivity contribution in [3.05, 3.63) is 0 Å². The SMILES string of the molecule is COCCC(C)=NNC(=O)OC(C)(C)C. The van der Waals surface area contributed by atoms with E-state index < -0.39 is 11.7 Å². The Bertz CT molecular complexity index is 231. The van der Waals surface area contributed by atoms with Crippen LogP contribution in [-0.4, -0.2) is 31.1 Å². The van der Waals surface area contributed by atoms with Crippen molar-refractivity contribution < 1.29 is 14.3 Å². The van der Waals surface area contributed by atoms with E-state index in [1.54, 1.807) is 27.9 Å². The minimum absolute atomic E-state index is 0.500. The van der Waals surface area contributed by atoms with E-state index >= 15 is 0 Å². The number of hydrazone groups is 1. The predicted octanol–water partition coefficient (Wildman–Crippen LogP) is 1.92. The van der Waals surface area contributed by atoms with Gasteiger partial charge < -0.3 is 9.47 Å². The van der Waals surface area contributed by atoms with Gasteiger partial charge in [0.1, 0.15) is 5.60 Å². The number of rotatable bonds is 4. The average molecular weight is 216 g/mol. The van der Waals surface area contributed by atoms with E-state index in [-0.39, 0.29) is 0 Å². The molecule has 0 aliphatic heterocycles. The topological polar surface area (TPSA) is 59.9 Å². The molecular formula is C10H20N2O3. The summed E-state index contributed by atoms with van der Waals surface area (Å²) in [4.78, 5) is 11.2. The third-order valence-electron chi connectivity index (χ3n) is 1.40. The molecule has 0 aromatic rings. The van der Waals surface area contributed by atoms with Gasteiger partial charge in [-0.2, -0.15) is 5.10 Å². The molecule has 5 heteroatoms.